The van der Waals surface area contributed by atoms with E-state index in [1.54, 1.807) is 0 Å². The molecule has 0 amide bonds. The van der Waals surface area contributed by atoms with Gasteiger partial charge < -0.3 is 20.3 Å². The number of carbonyl (C=O) groups is 1. The molecular formula is C19H27N3O2S. The van der Waals surface area contributed by atoms with Crippen molar-refractivity contribution in [3.8, 4) is 0 Å². The SMILES string of the molecule is CCCCCOC(=O)C1=C(C)NC(=S)N[C@@H]1c1ccc(N(C)C)cc1. The van der Waals surface area contributed by atoms with Crippen molar-refractivity contribution in [3.63, 3.8) is 0 Å². The van der Waals surface area contributed by atoms with Crippen molar-refractivity contribution >= 4 is 29.0 Å². The average molecular weight is 362 g/mol. The third-order valence-corrected chi connectivity index (χ3v) is 4.43. The Kier molecular flexibility index (Phi) is 6.82. The van der Waals surface area contributed by atoms with E-state index in [1.807, 2.05) is 50.2 Å². The summed E-state index contributed by atoms with van der Waals surface area (Å²) in [6.45, 7) is 4.43. The van der Waals surface area contributed by atoms with Crippen LogP contribution in [0.1, 0.15) is 44.7 Å². The number of hydrogen-bond acceptors (Lipinski definition) is 4. The van der Waals surface area contributed by atoms with Gasteiger partial charge in [0.1, 0.15) is 0 Å². The number of nitrogens with zero attached hydrogens (tertiary/aromatic N) is 1. The normalized spacial score (nSPS) is 17.0. The highest BCUT2D eigenvalue weighted by Crippen LogP contribution is 2.29. The minimum Gasteiger partial charge on any atom is -0.462 e. The second-order valence-electron chi connectivity index (χ2n) is 6.40. The highest BCUT2D eigenvalue weighted by atomic mass is 32.1. The van der Waals surface area contributed by atoms with E-state index < -0.39 is 0 Å². The number of rotatable bonds is 7. The lowest BCUT2D eigenvalue weighted by atomic mass is 9.95. The van der Waals surface area contributed by atoms with Crippen LogP contribution in [0.3, 0.4) is 0 Å². The molecule has 0 saturated carbocycles. The molecule has 0 fully saturated rings. The van der Waals surface area contributed by atoms with Crippen LogP contribution in [0.4, 0.5) is 5.69 Å². The van der Waals surface area contributed by atoms with Crippen LogP contribution >= 0.6 is 12.2 Å². The van der Waals surface area contributed by atoms with Crippen molar-refractivity contribution in [2.75, 3.05) is 25.6 Å². The summed E-state index contributed by atoms with van der Waals surface area (Å²) in [7, 11) is 3.99. The maximum atomic E-state index is 12.6. The minimum absolute atomic E-state index is 0.294. The molecule has 0 unspecified atom stereocenters. The lowest BCUT2D eigenvalue weighted by molar-refractivity contribution is -0.139. The van der Waals surface area contributed by atoms with Gasteiger partial charge in [-0.05, 0) is 43.3 Å². The largest absolute Gasteiger partial charge is 0.462 e. The van der Waals surface area contributed by atoms with Crippen molar-refractivity contribution in [1.82, 2.24) is 10.6 Å². The number of benzene rings is 1. The molecule has 2 rings (SSSR count). The van der Waals surface area contributed by atoms with Crippen molar-refractivity contribution in [3.05, 3.63) is 41.1 Å². The highest BCUT2D eigenvalue weighted by molar-refractivity contribution is 7.80. The van der Waals surface area contributed by atoms with E-state index in [1.165, 1.54) is 0 Å². The van der Waals surface area contributed by atoms with Gasteiger partial charge in [0.2, 0.25) is 0 Å². The van der Waals surface area contributed by atoms with Gasteiger partial charge in [0.05, 0.1) is 18.2 Å². The van der Waals surface area contributed by atoms with E-state index in [4.69, 9.17) is 17.0 Å². The maximum Gasteiger partial charge on any atom is 0.338 e. The lowest BCUT2D eigenvalue weighted by Gasteiger charge is -2.30. The second-order valence-corrected chi connectivity index (χ2v) is 6.81. The summed E-state index contributed by atoms with van der Waals surface area (Å²) in [6.07, 6.45) is 3.04. The third kappa shape index (κ3) is 4.95. The molecule has 25 heavy (non-hydrogen) atoms. The Hall–Kier alpha value is -2.08. The van der Waals surface area contributed by atoms with Gasteiger partial charge >= 0.3 is 5.97 Å². The summed E-state index contributed by atoms with van der Waals surface area (Å²) in [5, 5.41) is 6.74. The summed E-state index contributed by atoms with van der Waals surface area (Å²) >= 11 is 5.27. The lowest BCUT2D eigenvalue weighted by Crippen LogP contribution is -2.45. The van der Waals surface area contributed by atoms with Gasteiger partial charge in [-0.3, -0.25) is 0 Å². The number of esters is 1. The van der Waals surface area contributed by atoms with E-state index in [2.05, 4.69) is 17.6 Å². The smallest absolute Gasteiger partial charge is 0.338 e. The number of thiocarbonyl (C=S) groups is 1. The van der Waals surface area contributed by atoms with Crippen LogP contribution in [-0.2, 0) is 9.53 Å². The van der Waals surface area contributed by atoms with Crippen molar-refractivity contribution in [2.24, 2.45) is 0 Å². The molecule has 1 aromatic rings. The number of carbonyl (C=O) groups excluding carboxylic acids is 1. The molecule has 0 spiro atoms. The van der Waals surface area contributed by atoms with Gasteiger partial charge in [-0.25, -0.2) is 4.79 Å². The van der Waals surface area contributed by atoms with Crippen LogP contribution < -0.4 is 15.5 Å². The van der Waals surface area contributed by atoms with E-state index in [-0.39, 0.29) is 12.0 Å². The molecule has 0 radical (unpaired) electrons. The monoisotopic (exact) mass is 361 g/mol. The summed E-state index contributed by atoms with van der Waals surface area (Å²) in [5.41, 5.74) is 3.41. The van der Waals surface area contributed by atoms with Gasteiger partial charge in [-0.2, -0.15) is 0 Å². The van der Waals surface area contributed by atoms with Crippen LogP contribution in [0, 0.1) is 0 Å². The molecule has 0 aromatic heterocycles. The third-order valence-electron chi connectivity index (χ3n) is 4.21. The second kappa shape index (κ2) is 8.85. The molecule has 1 atom stereocenters. The van der Waals surface area contributed by atoms with Crippen LogP contribution in [0.5, 0.6) is 0 Å². The van der Waals surface area contributed by atoms with Crippen LogP contribution in [0.25, 0.3) is 0 Å². The van der Waals surface area contributed by atoms with Crippen LogP contribution in [0.2, 0.25) is 0 Å². The zero-order chi connectivity index (χ0) is 18.4. The molecule has 0 aliphatic carbocycles. The van der Waals surface area contributed by atoms with Crippen LogP contribution in [0.15, 0.2) is 35.5 Å². The van der Waals surface area contributed by atoms with E-state index >= 15 is 0 Å². The fourth-order valence-electron chi connectivity index (χ4n) is 2.77. The predicted octanol–water partition coefficient (Wildman–Crippen LogP) is 3.28. The van der Waals surface area contributed by atoms with Gasteiger partial charge in [0.25, 0.3) is 0 Å². The summed E-state index contributed by atoms with van der Waals surface area (Å²) in [4.78, 5) is 14.7. The van der Waals surface area contributed by atoms with Gasteiger partial charge in [0.15, 0.2) is 5.11 Å². The summed E-state index contributed by atoms with van der Waals surface area (Å²) < 4.78 is 5.47. The Morgan fingerprint density at radius 2 is 1.92 bits per heavy atom. The molecule has 6 heteroatoms. The molecule has 2 N–H and O–H groups in total. The summed E-state index contributed by atoms with van der Waals surface area (Å²) in [6, 6.07) is 7.78. The van der Waals surface area contributed by atoms with Crippen LogP contribution in [-0.4, -0.2) is 31.8 Å². The molecule has 0 bridgehead atoms. The van der Waals surface area contributed by atoms with E-state index in [0.29, 0.717) is 17.3 Å². The number of nitrogens with one attached hydrogen (secondary N) is 2. The van der Waals surface area contributed by atoms with Crippen molar-refractivity contribution < 1.29 is 9.53 Å². The first kappa shape index (κ1) is 19.2. The first-order valence-electron chi connectivity index (χ1n) is 8.66. The molecule has 1 heterocycles. The zero-order valence-corrected chi connectivity index (χ0v) is 16.2. The Bertz CT molecular complexity index is 653. The number of anilines is 1. The van der Waals surface area contributed by atoms with Crippen molar-refractivity contribution in [1.29, 1.82) is 0 Å². The predicted molar refractivity (Wildman–Crippen MR) is 106 cm³/mol. The Morgan fingerprint density at radius 3 is 2.52 bits per heavy atom. The first-order chi connectivity index (χ1) is 11.9. The fraction of sp³-hybridized carbons (Fsp3) is 0.474. The van der Waals surface area contributed by atoms with Gasteiger partial charge in [0, 0.05) is 25.5 Å². The first-order valence-corrected chi connectivity index (χ1v) is 9.07. The Balaban J connectivity index is 2.22. The molecule has 136 valence electrons. The van der Waals surface area contributed by atoms with E-state index in [0.717, 1.165) is 36.2 Å². The van der Waals surface area contributed by atoms with Gasteiger partial charge in [-0.15, -0.1) is 0 Å². The standard InChI is InChI=1S/C19H27N3O2S/c1-5-6-7-12-24-18(23)16-13(2)20-19(25)21-17(16)14-8-10-15(11-9-14)22(3)4/h8-11,17H,5-7,12H2,1-4H3,(H2,20,21,25)/t17-/m1/s1. The number of unbranched alkanes of at least 4 members (excludes halogenated alkanes) is 2. The summed E-state index contributed by atoms with van der Waals surface area (Å²) in [5.74, 6) is -0.294. The molecule has 1 aliphatic heterocycles. The molecule has 0 saturated heterocycles. The highest BCUT2D eigenvalue weighted by Gasteiger charge is 2.30. The zero-order valence-electron chi connectivity index (χ0n) is 15.4. The Morgan fingerprint density at radius 1 is 1.24 bits per heavy atom. The topological polar surface area (TPSA) is 53.6 Å². The maximum absolute atomic E-state index is 12.6. The molecule has 1 aromatic carbocycles. The molecule has 1 aliphatic rings. The number of hydrogen-bond donors (Lipinski definition) is 2. The van der Waals surface area contributed by atoms with Gasteiger partial charge in [-0.1, -0.05) is 31.9 Å². The minimum atomic E-state index is -0.302. The Labute approximate surface area is 155 Å². The fourth-order valence-corrected chi connectivity index (χ4v) is 3.04. The molecule has 5 nitrogen and oxygen atoms in total. The number of allylic oxidation sites excluding steroid dienone is 1. The quantitative estimate of drug-likeness (QED) is 0.442. The molecular weight excluding hydrogens is 334 g/mol. The van der Waals surface area contributed by atoms with Crippen molar-refractivity contribution in [2.45, 2.75) is 39.2 Å². The van der Waals surface area contributed by atoms with E-state index in [9.17, 15) is 4.79 Å². The average Bonchev–Trinajstić information content (AvgIpc) is 2.58. The number of ether oxygens (including phenoxy) is 1.